The number of aromatic amines is 1. The molecule has 2 heterocycles. The number of benzene rings is 1. The molecule has 1 aromatic carbocycles. The summed E-state index contributed by atoms with van der Waals surface area (Å²) in [5, 5.41) is 9.23. The summed E-state index contributed by atoms with van der Waals surface area (Å²) < 4.78 is 48.8. The summed E-state index contributed by atoms with van der Waals surface area (Å²) in [5.74, 6) is -2.05. The molecule has 2 N–H and O–H groups in total. The highest BCUT2D eigenvalue weighted by atomic mass is 19.1. The van der Waals surface area contributed by atoms with Crippen molar-refractivity contribution in [2.24, 2.45) is 0 Å². The van der Waals surface area contributed by atoms with E-state index in [0.29, 0.717) is 5.82 Å². The van der Waals surface area contributed by atoms with E-state index in [4.69, 9.17) is 18.9 Å². The van der Waals surface area contributed by atoms with Crippen LogP contribution in [0.15, 0.2) is 24.5 Å². The van der Waals surface area contributed by atoms with Gasteiger partial charge in [0.25, 0.3) is 0 Å². The maximum absolute atomic E-state index is 14.4. The van der Waals surface area contributed by atoms with Crippen LogP contribution in [0.3, 0.4) is 0 Å². The van der Waals surface area contributed by atoms with Crippen LogP contribution >= 0.6 is 0 Å². The van der Waals surface area contributed by atoms with Crippen LogP contribution in [0, 0.1) is 11.6 Å². The first kappa shape index (κ1) is 21.7. The molecule has 0 saturated heterocycles. The number of carbonyl (C=O) groups is 1. The third kappa shape index (κ3) is 4.97. The minimum absolute atomic E-state index is 0.162. The molecule has 0 bridgehead atoms. The van der Waals surface area contributed by atoms with Gasteiger partial charge < -0.3 is 24.3 Å². The number of hydrogen-bond donors (Lipinski definition) is 2. The highest BCUT2D eigenvalue weighted by Gasteiger charge is 2.20. The van der Waals surface area contributed by atoms with Gasteiger partial charge in [-0.15, -0.1) is 0 Å². The number of H-pyrrole nitrogens is 1. The predicted molar refractivity (Wildman–Crippen MR) is 104 cm³/mol. The standard InChI is InChI=1S/C19H19F2N5O5/c1-4-30-18(27)12-5-15(26-25-12)24-19-22-7-10(8-23-19)31-9-11-16(20)13(28-2)6-14(29-3)17(11)21/h5-8H,4,9H2,1-3H3,(H2,22,23,24,25,26). The van der Waals surface area contributed by atoms with Gasteiger partial charge in [0.15, 0.2) is 34.7 Å². The Kier molecular flexibility index (Phi) is 6.80. The molecule has 12 heteroatoms. The van der Waals surface area contributed by atoms with Gasteiger partial charge in [-0.2, -0.15) is 5.10 Å². The van der Waals surface area contributed by atoms with Crippen molar-refractivity contribution in [1.29, 1.82) is 0 Å². The number of halogens is 2. The second-order valence-electron chi connectivity index (χ2n) is 5.93. The third-order valence-electron chi connectivity index (χ3n) is 3.99. The van der Waals surface area contributed by atoms with E-state index in [9.17, 15) is 13.6 Å². The first-order valence-corrected chi connectivity index (χ1v) is 9.00. The van der Waals surface area contributed by atoms with Crippen molar-refractivity contribution in [2.45, 2.75) is 13.5 Å². The fraction of sp³-hybridized carbons (Fsp3) is 0.263. The first-order chi connectivity index (χ1) is 15.0. The van der Waals surface area contributed by atoms with Crippen molar-refractivity contribution in [2.75, 3.05) is 26.1 Å². The zero-order valence-electron chi connectivity index (χ0n) is 16.9. The van der Waals surface area contributed by atoms with E-state index in [1.807, 2.05) is 0 Å². The highest BCUT2D eigenvalue weighted by Crippen LogP contribution is 2.32. The summed E-state index contributed by atoms with van der Waals surface area (Å²) >= 11 is 0. The molecule has 0 spiro atoms. The van der Waals surface area contributed by atoms with Crippen LogP contribution in [0.5, 0.6) is 17.2 Å². The Morgan fingerprint density at radius 2 is 1.74 bits per heavy atom. The summed E-state index contributed by atoms with van der Waals surface area (Å²) in [4.78, 5) is 19.7. The number of ether oxygens (including phenoxy) is 4. The van der Waals surface area contributed by atoms with Crippen molar-refractivity contribution >= 4 is 17.7 Å². The Hall–Kier alpha value is -3.96. The zero-order valence-corrected chi connectivity index (χ0v) is 16.9. The number of methoxy groups -OCH3 is 2. The van der Waals surface area contributed by atoms with Gasteiger partial charge in [-0.05, 0) is 6.92 Å². The van der Waals surface area contributed by atoms with Crippen molar-refractivity contribution in [3.05, 3.63) is 47.4 Å². The van der Waals surface area contributed by atoms with Gasteiger partial charge in [-0.3, -0.25) is 5.10 Å². The van der Waals surface area contributed by atoms with E-state index in [1.165, 1.54) is 32.7 Å². The van der Waals surface area contributed by atoms with Crippen molar-refractivity contribution in [3.8, 4) is 17.2 Å². The molecule has 0 aliphatic heterocycles. The van der Waals surface area contributed by atoms with Crippen LogP contribution in [-0.2, 0) is 11.3 Å². The fourth-order valence-corrected chi connectivity index (χ4v) is 2.49. The molecule has 164 valence electrons. The number of anilines is 2. The Balaban J connectivity index is 1.66. The molecule has 0 fully saturated rings. The largest absolute Gasteiger partial charge is 0.494 e. The van der Waals surface area contributed by atoms with E-state index in [0.717, 1.165) is 6.07 Å². The average molecular weight is 435 g/mol. The van der Waals surface area contributed by atoms with E-state index in [1.54, 1.807) is 6.92 Å². The van der Waals surface area contributed by atoms with Crippen LogP contribution in [0.1, 0.15) is 23.0 Å². The number of aromatic nitrogens is 4. The minimum Gasteiger partial charge on any atom is -0.494 e. The monoisotopic (exact) mass is 435 g/mol. The Morgan fingerprint density at radius 1 is 1.10 bits per heavy atom. The van der Waals surface area contributed by atoms with Crippen molar-refractivity contribution in [1.82, 2.24) is 20.2 Å². The van der Waals surface area contributed by atoms with E-state index in [-0.39, 0.29) is 41.1 Å². The molecule has 0 saturated carbocycles. The molecular formula is C19H19F2N5O5. The lowest BCUT2D eigenvalue weighted by Gasteiger charge is -2.13. The number of esters is 1. The van der Waals surface area contributed by atoms with Gasteiger partial charge in [-0.1, -0.05) is 0 Å². The molecule has 31 heavy (non-hydrogen) atoms. The van der Waals surface area contributed by atoms with Gasteiger partial charge in [0.1, 0.15) is 12.3 Å². The van der Waals surface area contributed by atoms with E-state index >= 15 is 0 Å². The molecule has 0 radical (unpaired) electrons. The predicted octanol–water partition coefficient (Wildman–Crippen LogP) is 2.99. The van der Waals surface area contributed by atoms with Crippen LogP contribution in [0.2, 0.25) is 0 Å². The molecule has 3 rings (SSSR count). The molecule has 10 nitrogen and oxygen atoms in total. The van der Waals surface area contributed by atoms with Gasteiger partial charge in [0, 0.05) is 12.1 Å². The summed E-state index contributed by atoms with van der Waals surface area (Å²) in [6.07, 6.45) is 2.61. The lowest BCUT2D eigenvalue weighted by atomic mass is 10.1. The molecule has 0 aliphatic rings. The lowest BCUT2D eigenvalue weighted by Crippen LogP contribution is -2.06. The minimum atomic E-state index is -0.893. The Bertz CT molecular complexity index is 1030. The average Bonchev–Trinajstić information content (AvgIpc) is 3.24. The normalized spacial score (nSPS) is 10.5. The fourth-order valence-electron chi connectivity index (χ4n) is 2.49. The van der Waals surface area contributed by atoms with Crippen molar-refractivity contribution in [3.63, 3.8) is 0 Å². The molecule has 0 atom stereocenters. The van der Waals surface area contributed by atoms with Crippen LogP contribution < -0.4 is 19.5 Å². The van der Waals surface area contributed by atoms with E-state index < -0.39 is 24.2 Å². The molecule has 2 aromatic heterocycles. The zero-order chi connectivity index (χ0) is 22.4. The molecular weight excluding hydrogens is 416 g/mol. The third-order valence-corrected chi connectivity index (χ3v) is 3.99. The summed E-state index contributed by atoms with van der Waals surface area (Å²) in [7, 11) is 2.52. The quantitative estimate of drug-likeness (QED) is 0.489. The number of carbonyl (C=O) groups excluding carboxylic acids is 1. The second kappa shape index (κ2) is 9.69. The van der Waals surface area contributed by atoms with Crippen LogP contribution in [-0.4, -0.2) is 47.0 Å². The van der Waals surface area contributed by atoms with Gasteiger partial charge >= 0.3 is 5.97 Å². The smallest absolute Gasteiger partial charge is 0.356 e. The highest BCUT2D eigenvalue weighted by molar-refractivity contribution is 5.88. The first-order valence-electron chi connectivity index (χ1n) is 9.00. The Labute approximate surface area is 175 Å². The number of nitrogens with zero attached hydrogens (tertiary/aromatic N) is 3. The van der Waals surface area contributed by atoms with Crippen molar-refractivity contribution < 1.29 is 32.5 Å². The number of hydrogen-bond acceptors (Lipinski definition) is 9. The van der Waals surface area contributed by atoms with E-state index in [2.05, 4.69) is 25.5 Å². The molecule has 0 unspecified atom stereocenters. The maximum Gasteiger partial charge on any atom is 0.356 e. The van der Waals surface area contributed by atoms with Crippen LogP contribution in [0.25, 0.3) is 0 Å². The summed E-state index contributed by atoms with van der Waals surface area (Å²) in [6, 6.07) is 2.55. The Morgan fingerprint density at radius 3 is 2.32 bits per heavy atom. The number of rotatable bonds is 9. The summed E-state index contributed by atoms with van der Waals surface area (Å²) in [5.41, 5.74) is -0.191. The summed E-state index contributed by atoms with van der Waals surface area (Å²) in [6.45, 7) is 1.49. The number of nitrogens with one attached hydrogen (secondary N) is 2. The topological polar surface area (TPSA) is 120 Å². The van der Waals surface area contributed by atoms with Gasteiger partial charge in [0.2, 0.25) is 5.95 Å². The van der Waals surface area contributed by atoms with Gasteiger partial charge in [0.05, 0.1) is 38.8 Å². The van der Waals surface area contributed by atoms with Crippen LogP contribution in [0.4, 0.5) is 20.5 Å². The lowest BCUT2D eigenvalue weighted by molar-refractivity contribution is 0.0519. The molecule has 0 aliphatic carbocycles. The molecule has 0 amide bonds. The maximum atomic E-state index is 14.4. The molecule has 3 aromatic rings. The van der Waals surface area contributed by atoms with Gasteiger partial charge in [-0.25, -0.2) is 23.5 Å². The SMILES string of the molecule is CCOC(=O)c1cc(Nc2ncc(OCc3c(F)c(OC)cc(OC)c3F)cn2)n[nH]1. The second-order valence-corrected chi connectivity index (χ2v) is 5.93.